The number of nitrogens with one attached hydrogen (secondary N) is 1. The fourth-order valence-electron chi connectivity index (χ4n) is 2.84. The van der Waals surface area contributed by atoms with Crippen LogP contribution in [0, 0.1) is 0 Å². The fourth-order valence-corrected chi connectivity index (χ4v) is 2.84. The van der Waals surface area contributed by atoms with Crippen molar-refractivity contribution in [1.82, 2.24) is 4.57 Å². The number of ether oxygens (including phenoxy) is 2. The number of benzene rings is 2. The molecule has 0 aliphatic rings. The number of rotatable bonds is 6. The molecule has 1 amide bonds. The number of carbonyl (C=O) groups excluding carboxylic acids is 1. The van der Waals surface area contributed by atoms with Crippen LogP contribution >= 0.6 is 0 Å². The molecular weight excluding hydrogens is 328 g/mol. The van der Waals surface area contributed by atoms with Crippen molar-refractivity contribution in [3.63, 3.8) is 0 Å². The Labute approximate surface area is 152 Å². The summed E-state index contributed by atoms with van der Waals surface area (Å²) in [6.45, 7) is 3.02. The van der Waals surface area contributed by atoms with Crippen LogP contribution in [0.3, 0.4) is 0 Å². The molecule has 1 N–H and O–H groups in total. The molecule has 0 unspecified atom stereocenters. The molecule has 3 rings (SSSR count). The molecule has 5 heteroatoms. The average molecular weight is 350 g/mol. The minimum absolute atomic E-state index is 0.193. The summed E-state index contributed by atoms with van der Waals surface area (Å²) in [5.74, 6) is 1.16. The number of aryl methyl sites for hydroxylation is 1. The smallest absolute Gasteiger partial charge is 0.248 e. The van der Waals surface area contributed by atoms with Crippen molar-refractivity contribution in [3.05, 3.63) is 60.3 Å². The first-order chi connectivity index (χ1) is 12.6. The summed E-state index contributed by atoms with van der Waals surface area (Å²) in [7, 11) is 3.19. The Morgan fingerprint density at radius 2 is 1.81 bits per heavy atom. The molecule has 0 saturated carbocycles. The summed E-state index contributed by atoms with van der Waals surface area (Å²) in [6, 6.07) is 13.4. The lowest BCUT2D eigenvalue weighted by Crippen LogP contribution is -2.07. The third kappa shape index (κ3) is 3.88. The minimum atomic E-state index is -0.193. The Hall–Kier alpha value is -3.21. The van der Waals surface area contributed by atoms with Crippen LogP contribution in [0.2, 0.25) is 0 Å². The van der Waals surface area contributed by atoms with Gasteiger partial charge in [0.25, 0.3) is 0 Å². The first kappa shape index (κ1) is 17.6. The van der Waals surface area contributed by atoms with Gasteiger partial charge in [0.05, 0.1) is 14.2 Å². The Kier molecular flexibility index (Phi) is 5.27. The number of aromatic nitrogens is 1. The van der Waals surface area contributed by atoms with Gasteiger partial charge in [0, 0.05) is 41.5 Å². The van der Waals surface area contributed by atoms with Gasteiger partial charge in [-0.1, -0.05) is 0 Å². The number of methoxy groups -OCH3 is 2. The van der Waals surface area contributed by atoms with E-state index >= 15 is 0 Å². The molecule has 0 aliphatic heterocycles. The van der Waals surface area contributed by atoms with Gasteiger partial charge >= 0.3 is 0 Å². The monoisotopic (exact) mass is 350 g/mol. The predicted octanol–water partition coefficient (Wildman–Crippen LogP) is 4.33. The Bertz CT molecular complexity index is 935. The Balaban J connectivity index is 1.73. The van der Waals surface area contributed by atoms with Gasteiger partial charge in [0.2, 0.25) is 5.91 Å². The summed E-state index contributed by atoms with van der Waals surface area (Å²) in [4.78, 5) is 12.2. The molecule has 1 heterocycles. The van der Waals surface area contributed by atoms with E-state index in [1.807, 2.05) is 42.6 Å². The highest BCUT2D eigenvalue weighted by Crippen LogP contribution is 2.23. The maximum absolute atomic E-state index is 12.2. The lowest BCUT2D eigenvalue weighted by Gasteiger charge is -2.06. The highest BCUT2D eigenvalue weighted by Gasteiger charge is 2.04. The zero-order valence-corrected chi connectivity index (χ0v) is 15.2. The van der Waals surface area contributed by atoms with Crippen molar-refractivity contribution in [1.29, 1.82) is 0 Å². The number of carbonyl (C=O) groups is 1. The van der Waals surface area contributed by atoms with E-state index in [-0.39, 0.29) is 5.91 Å². The molecule has 0 atom stereocenters. The highest BCUT2D eigenvalue weighted by atomic mass is 16.5. The number of anilines is 1. The number of amides is 1. The van der Waals surface area contributed by atoms with E-state index in [2.05, 4.69) is 16.8 Å². The molecule has 0 saturated heterocycles. The SMILES string of the molecule is CCn1ccc2cc(NC(=O)/C=C/c3cc(OC)cc(OC)c3)ccc21. The van der Waals surface area contributed by atoms with E-state index in [0.717, 1.165) is 28.7 Å². The summed E-state index contributed by atoms with van der Waals surface area (Å²) >= 11 is 0. The van der Waals surface area contributed by atoms with Gasteiger partial charge in [-0.25, -0.2) is 0 Å². The highest BCUT2D eigenvalue weighted by molar-refractivity contribution is 6.03. The lowest BCUT2D eigenvalue weighted by atomic mass is 10.2. The Morgan fingerprint density at radius 3 is 2.46 bits per heavy atom. The first-order valence-electron chi connectivity index (χ1n) is 8.44. The number of hydrogen-bond donors (Lipinski definition) is 1. The molecule has 2 aromatic carbocycles. The molecule has 0 fully saturated rings. The van der Waals surface area contributed by atoms with Crippen LogP contribution in [-0.4, -0.2) is 24.7 Å². The molecule has 0 bridgehead atoms. The van der Waals surface area contributed by atoms with Crippen molar-refractivity contribution in [3.8, 4) is 11.5 Å². The zero-order valence-electron chi connectivity index (χ0n) is 15.2. The third-order valence-electron chi connectivity index (χ3n) is 4.18. The van der Waals surface area contributed by atoms with Gasteiger partial charge in [-0.3, -0.25) is 4.79 Å². The van der Waals surface area contributed by atoms with Gasteiger partial charge in [0.1, 0.15) is 11.5 Å². The van der Waals surface area contributed by atoms with Crippen LogP contribution in [0.1, 0.15) is 12.5 Å². The van der Waals surface area contributed by atoms with Gasteiger partial charge < -0.3 is 19.4 Å². The van der Waals surface area contributed by atoms with E-state index in [9.17, 15) is 4.79 Å². The van der Waals surface area contributed by atoms with E-state index in [4.69, 9.17) is 9.47 Å². The summed E-state index contributed by atoms with van der Waals surface area (Å²) in [6.07, 6.45) is 5.27. The van der Waals surface area contributed by atoms with Crippen LogP contribution < -0.4 is 14.8 Å². The molecule has 5 nitrogen and oxygen atoms in total. The standard InChI is InChI=1S/C21H22N2O3/c1-4-23-10-9-16-13-17(6-7-20(16)23)22-21(24)8-5-15-11-18(25-2)14-19(12-15)26-3/h5-14H,4H2,1-3H3,(H,22,24)/b8-5+. The van der Waals surface area contributed by atoms with E-state index in [1.54, 1.807) is 26.4 Å². The minimum Gasteiger partial charge on any atom is -0.497 e. The summed E-state index contributed by atoms with van der Waals surface area (Å²) in [5, 5.41) is 3.99. The Morgan fingerprint density at radius 1 is 1.08 bits per heavy atom. The van der Waals surface area contributed by atoms with Crippen LogP contribution in [0.4, 0.5) is 5.69 Å². The third-order valence-corrected chi connectivity index (χ3v) is 4.18. The molecular formula is C21H22N2O3. The normalized spacial score (nSPS) is 11.0. The fraction of sp³-hybridized carbons (Fsp3) is 0.190. The topological polar surface area (TPSA) is 52.5 Å². The van der Waals surface area contributed by atoms with Crippen molar-refractivity contribution < 1.29 is 14.3 Å². The van der Waals surface area contributed by atoms with Gasteiger partial charge in [-0.05, 0) is 55.0 Å². The van der Waals surface area contributed by atoms with Crippen molar-refractivity contribution in [2.45, 2.75) is 13.5 Å². The van der Waals surface area contributed by atoms with Crippen molar-refractivity contribution in [2.24, 2.45) is 0 Å². The number of nitrogens with zero attached hydrogens (tertiary/aromatic N) is 1. The summed E-state index contributed by atoms with van der Waals surface area (Å²) in [5.41, 5.74) is 2.75. The molecule has 0 aliphatic carbocycles. The second-order valence-electron chi connectivity index (χ2n) is 5.84. The number of fused-ring (bicyclic) bond motifs is 1. The average Bonchev–Trinajstić information content (AvgIpc) is 3.08. The van der Waals surface area contributed by atoms with Gasteiger partial charge in [-0.15, -0.1) is 0 Å². The molecule has 1 aromatic heterocycles. The molecule has 0 spiro atoms. The van der Waals surface area contributed by atoms with Gasteiger partial charge in [0.15, 0.2) is 0 Å². The quantitative estimate of drug-likeness (QED) is 0.673. The molecule has 0 radical (unpaired) electrons. The van der Waals surface area contributed by atoms with E-state index < -0.39 is 0 Å². The van der Waals surface area contributed by atoms with Crippen LogP contribution in [0.25, 0.3) is 17.0 Å². The maximum atomic E-state index is 12.2. The van der Waals surface area contributed by atoms with Gasteiger partial charge in [-0.2, -0.15) is 0 Å². The maximum Gasteiger partial charge on any atom is 0.248 e. The lowest BCUT2D eigenvalue weighted by molar-refractivity contribution is -0.111. The number of hydrogen-bond acceptors (Lipinski definition) is 3. The first-order valence-corrected chi connectivity index (χ1v) is 8.44. The van der Waals surface area contributed by atoms with Crippen LogP contribution in [0.5, 0.6) is 11.5 Å². The predicted molar refractivity (Wildman–Crippen MR) is 105 cm³/mol. The van der Waals surface area contributed by atoms with Crippen LogP contribution in [-0.2, 0) is 11.3 Å². The molecule has 134 valence electrons. The van der Waals surface area contributed by atoms with Crippen LogP contribution in [0.15, 0.2) is 54.7 Å². The summed E-state index contributed by atoms with van der Waals surface area (Å²) < 4.78 is 12.6. The second-order valence-corrected chi connectivity index (χ2v) is 5.84. The molecule has 3 aromatic rings. The largest absolute Gasteiger partial charge is 0.497 e. The molecule has 26 heavy (non-hydrogen) atoms. The second kappa shape index (κ2) is 7.78. The zero-order chi connectivity index (χ0) is 18.5. The van der Waals surface area contributed by atoms with Crippen molar-refractivity contribution >= 4 is 28.6 Å². The van der Waals surface area contributed by atoms with Crippen molar-refractivity contribution in [2.75, 3.05) is 19.5 Å². The van der Waals surface area contributed by atoms with E-state index in [1.165, 1.54) is 6.08 Å². The van der Waals surface area contributed by atoms with E-state index in [0.29, 0.717) is 11.5 Å².